The molecule has 0 aliphatic heterocycles. The van der Waals surface area contributed by atoms with Crippen molar-refractivity contribution < 1.29 is 0 Å². The van der Waals surface area contributed by atoms with E-state index in [1.807, 2.05) is 0 Å². The van der Waals surface area contributed by atoms with Gasteiger partial charge in [0.1, 0.15) is 0 Å². The van der Waals surface area contributed by atoms with E-state index in [0.717, 1.165) is 11.8 Å². The summed E-state index contributed by atoms with van der Waals surface area (Å²) >= 11 is 0. The van der Waals surface area contributed by atoms with Crippen LogP contribution >= 0.6 is 0 Å². The Labute approximate surface area is 93.7 Å². The first kappa shape index (κ1) is 10.7. The van der Waals surface area contributed by atoms with E-state index in [-0.39, 0.29) is 0 Å². The van der Waals surface area contributed by atoms with Crippen molar-refractivity contribution in [1.82, 2.24) is 0 Å². The van der Waals surface area contributed by atoms with Gasteiger partial charge in [0, 0.05) is 0 Å². The molecule has 2 rings (SSSR count). The molecule has 1 aromatic carbocycles. The highest BCUT2D eigenvalue weighted by atomic mass is 14.3. The minimum absolute atomic E-state index is 0.770. The fourth-order valence-electron chi connectivity index (χ4n) is 2.44. The summed E-state index contributed by atoms with van der Waals surface area (Å²) in [6.07, 6.45) is 5.49. The molecule has 0 amide bonds. The summed E-state index contributed by atoms with van der Waals surface area (Å²) in [5.41, 5.74) is 4.67. The van der Waals surface area contributed by atoms with Gasteiger partial charge < -0.3 is 0 Å². The van der Waals surface area contributed by atoms with Crippen molar-refractivity contribution in [1.29, 1.82) is 0 Å². The third-order valence-corrected chi connectivity index (χ3v) is 3.47. The van der Waals surface area contributed by atoms with Gasteiger partial charge in [-0.15, -0.1) is 0 Å². The summed E-state index contributed by atoms with van der Waals surface area (Å²) < 4.78 is 0. The van der Waals surface area contributed by atoms with Crippen molar-refractivity contribution >= 4 is 0 Å². The minimum Gasteiger partial charge on any atom is -0.0625 e. The minimum atomic E-state index is 0.770. The monoisotopic (exact) mass is 202 g/mol. The van der Waals surface area contributed by atoms with Crippen LogP contribution in [0.15, 0.2) is 18.2 Å². The van der Waals surface area contributed by atoms with E-state index in [0.29, 0.717) is 0 Å². The zero-order valence-corrected chi connectivity index (χ0v) is 10.2. The van der Waals surface area contributed by atoms with Crippen molar-refractivity contribution in [3.8, 4) is 0 Å². The van der Waals surface area contributed by atoms with Gasteiger partial charge in [-0.3, -0.25) is 0 Å². The summed E-state index contributed by atoms with van der Waals surface area (Å²) in [5, 5.41) is 0. The maximum absolute atomic E-state index is 2.42. The molecule has 0 heteroatoms. The Morgan fingerprint density at radius 3 is 2.53 bits per heavy atom. The fourth-order valence-corrected chi connectivity index (χ4v) is 2.44. The molecule has 1 aromatic rings. The van der Waals surface area contributed by atoms with E-state index < -0.39 is 0 Å². The lowest BCUT2D eigenvalue weighted by Gasteiger charge is -2.28. The third-order valence-electron chi connectivity index (χ3n) is 3.47. The molecule has 0 atom stereocenters. The van der Waals surface area contributed by atoms with Gasteiger partial charge in [-0.1, -0.05) is 44.0 Å². The lowest BCUT2D eigenvalue weighted by atomic mass is 9.76. The molecule has 0 unspecified atom stereocenters. The Morgan fingerprint density at radius 1 is 1.27 bits per heavy atom. The van der Waals surface area contributed by atoms with Crippen LogP contribution in [0.4, 0.5) is 0 Å². The van der Waals surface area contributed by atoms with Crippen LogP contribution in [0, 0.1) is 12.8 Å². The molecule has 0 heterocycles. The fraction of sp³-hybridized carbons (Fsp3) is 0.600. The first-order valence-corrected chi connectivity index (χ1v) is 6.26. The topological polar surface area (TPSA) is 0 Å². The Kier molecular flexibility index (Phi) is 3.14. The summed E-state index contributed by atoms with van der Waals surface area (Å²) in [4.78, 5) is 0. The first-order chi connectivity index (χ1) is 7.16. The second kappa shape index (κ2) is 4.38. The van der Waals surface area contributed by atoms with E-state index >= 15 is 0 Å². The van der Waals surface area contributed by atoms with Crippen molar-refractivity contribution in [2.45, 2.75) is 52.4 Å². The summed E-state index contributed by atoms with van der Waals surface area (Å²) in [5.74, 6) is 1.64. The molecule has 82 valence electrons. The largest absolute Gasteiger partial charge is 0.0625 e. The smallest absolute Gasteiger partial charge is 0.0159 e. The Morgan fingerprint density at radius 2 is 2.00 bits per heavy atom. The van der Waals surface area contributed by atoms with Gasteiger partial charge in [-0.25, -0.2) is 0 Å². The van der Waals surface area contributed by atoms with Crippen LogP contribution in [0.1, 0.15) is 55.7 Å². The highest BCUT2D eigenvalue weighted by Crippen LogP contribution is 2.38. The quantitative estimate of drug-likeness (QED) is 0.678. The van der Waals surface area contributed by atoms with Crippen LogP contribution in [-0.2, 0) is 6.42 Å². The van der Waals surface area contributed by atoms with Crippen LogP contribution < -0.4 is 0 Å². The van der Waals surface area contributed by atoms with Crippen molar-refractivity contribution in [2.24, 2.45) is 5.92 Å². The van der Waals surface area contributed by atoms with Gasteiger partial charge in [0.05, 0.1) is 0 Å². The Hall–Kier alpha value is -0.780. The van der Waals surface area contributed by atoms with E-state index in [9.17, 15) is 0 Å². The summed E-state index contributed by atoms with van der Waals surface area (Å²) in [7, 11) is 0. The molecule has 1 aliphatic carbocycles. The number of rotatable bonds is 3. The maximum atomic E-state index is 2.42. The van der Waals surface area contributed by atoms with E-state index in [4.69, 9.17) is 0 Å². The summed E-state index contributed by atoms with van der Waals surface area (Å²) in [6.45, 7) is 6.83. The second-order valence-corrected chi connectivity index (χ2v) is 5.43. The zero-order chi connectivity index (χ0) is 10.8. The highest BCUT2D eigenvalue weighted by Gasteiger charge is 2.22. The molecule has 0 nitrogen and oxygen atoms in total. The molecule has 1 fully saturated rings. The zero-order valence-electron chi connectivity index (χ0n) is 10.2. The Balaban J connectivity index is 2.26. The van der Waals surface area contributed by atoms with E-state index in [1.54, 1.807) is 11.1 Å². The average molecular weight is 202 g/mol. The van der Waals surface area contributed by atoms with E-state index in [2.05, 4.69) is 39.0 Å². The number of benzene rings is 1. The first-order valence-electron chi connectivity index (χ1n) is 6.26. The molecular weight excluding hydrogens is 180 g/mol. The predicted octanol–water partition coefficient (Wildman–Crippen LogP) is 4.46. The highest BCUT2D eigenvalue weighted by molar-refractivity contribution is 5.35. The van der Waals surface area contributed by atoms with Crippen LogP contribution in [0.5, 0.6) is 0 Å². The van der Waals surface area contributed by atoms with Crippen molar-refractivity contribution in [3.63, 3.8) is 0 Å². The SMILES string of the molecule is Cc1ccc(CC(C)C)c(C2CCC2)c1. The number of hydrogen-bond acceptors (Lipinski definition) is 0. The standard InChI is InChI=1S/C15H22/c1-11(2)9-14-8-7-12(3)10-15(14)13-5-4-6-13/h7-8,10-11,13H,4-6,9H2,1-3H3. The van der Waals surface area contributed by atoms with Gasteiger partial charge in [0.25, 0.3) is 0 Å². The maximum Gasteiger partial charge on any atom is -0.0159 e. The van der Waals surface area contributed by atoms with Gasteiger partial charge in [-0.2, -0.15) is 0 Å². The normalized spacial score (nSPS) is 16.8. The van der Waals surface area contributed by atoms with Crippen LogP contribution in [0.3, 0.4) is 0 Å². The molecule has 0 spiro atoms. The molecule has 0 aromatic heterocycles. The predicted molar refractivity (Wildman–Crippen MR) is 66.3 cm³/mol. The molecule has 0 N–H and O–H groups in total. The number of hydrogen-bond donors (Lipinski definition) is 0. The third kappa shape index (κ3) is 2.42. The van der Waals surface area contributed by atoms with Crippen LogP contribution in [0.2, 0.25) is 0 Å². The molecule has 0 saturated heterocycles. The van der Waals surface area contributed by atoms with Gasteiger partial charge in [0.15, 0.2) is 0 Å². The molecule has 0 bridgehead atoms. The van der Waals surface area contributed by atoms with Crippen molar-refractivity contribution in [2.75, 3.05) is 0 Å². The van der Waals surface area contributed by atoms with Gasteiger partial charge in [-0.05, 0) is 49.1 Å². The van der Waals surface area contributed by atoms with Gasteiger partial charge >= 0.3 is 0 Å². The average Bonchev–Trinajstić information content (AvgIpc) is 2.06. The lowest BCUT2D eigenvalue weighted by molar-refractivity contribution is 0.415. The molecule has 15 heavy (non-hydrogen) atoms. The summed E-state index contributed by atoms with van der Waals surface area (Å²) in [6, 6.07) is 7.03. The van der Waals surface area contributed by atoms with E-state index in [1.165, 1.54) is 31.2 Å². The lowest BCUT2D eigenvalue weighted by Crippen LogP contribution is -2.12. The van der Waals surface area contributed by atoms with Gasteiger partial charge in [0.2, 0.25) is 0 Å². The molecule has 1 saturated carbocycles. The Bertz CT molecular complexity index is 332. The number of aryl methyl sites for hydroxylation is 1. The molecule has 1 aliphatic rings. The van der Waals surface area contributed by atoms with Crippen LogP contribution in [-0.4, -0.2) is 0 Å². The molecular formula is C15H22. The van der Waals surface area contributed by atoms with Crippen molar-refractivity contribution in [3.05, 3.63) is 34.9 Å². The second-order valence-electron chi connectivity index (χ2n) is 5.43. The molecule has 0 radical (unpaired) electrons. The van der Waals surface area contributed by atoms with Crippen LogP contribution in [0.25, 0.3) is 0 Å².